The number of benzene rings is 2. The maximum Gasteiger partial charge on any atom is 0.290 e. The van der Waals surface area contributed by atoms with Crippen molar-refractivity contribution in [2.75, 3.05) is 41.0 Å². The van der Waals surface area contributed by atoms with E-state index in [-0.39, 0.29) is 43.3 Å². The van der Waals surface area contributed by atoms with Crippen molar-refractivity contribution >= 4 is 17.5 Å². The molecule has 9 nitrogen and oxygen atoms in total. The molecule has 1 aromatic heterocycles. The number of nitrogens with zero attached hydrogens (tertiary/aromatic N) is 3. The van der Waals surface area contributed by atoms with Gasteiger partial charge in [0, 0.05) is 31.7 Å². The van der Waals surface area contributed by atoms with Crippen molar-refractivity contribution in [2.24, 2.45) is 5.10 Å². The van der Waals surface area contributed by atoms with Gasteiger partial charge in [0.1, 0.15) is 18.0 Å². The number of ether oxygens (including phenoxy) is 3. The predicted octanol–water partition coefficient (Wildman–Crippen LogP) is 4.07. The number of hydrogen-bond donors (Lipinski definition) is 0. The van der Waals surface area contributed by atoms with Gasteiger partial charge in [-0.05, 0) is 36.8 Å². The van der Waals surface area contributed by atoms with Gasteiger partial charge in [-0.25, -0.2) is 5.01 Å². The van der Waals surface area contributed by atoms with Gasteiger partial charge in [-0.1, -0.05) is 29.8 Å². The SMILES string of the molecule is COCCN(CC(=O)N1N=C(c2ccc(OC)cc2OC)CC1c1ccc(C)cc1)C(=O)c1ccco1. The minimum atomic E-state index is -0.387. The van der Waals surface area contributed by atoms with Gasteiger partial charge in [0.25, 0.3) is 11.8 Å². The average molecular weight is 506 g/mol. The van der Waals surface area contributed by atoms with Crippen molar-refractivity contribution in [2.45, 2.75) is 19.4 Å². The van der Waals surface area contributed by atoms with E-state index in [0.29, 0.717) is 23.6 Å². The molecule has 2 heterocycles. The summed E-state index contributed by atoms with van der Waals surface area (Å²) in [4.78, 5) is 28.1. The molecule has 0 saturated carbocycles. The third-order valence-corrected chi connectivity index (χ3v) is 6.26. The third-order valence-electron chi connectivity index (χ3n) is 6.26. The molecular weight excluding hydrogens is 474 g/mol. The Kier molecular flexibility index (Phi) is 8.25. The van der Waals surface area contributed by atoms with Gasteiger partial charge in [0.15, 0.2) is 5.76 Å². The van der Waals surface area contributed by atoms with E-state index in [9.17, 15) is 9.59 Å². The standard InChI is InChI=1S/C28H31N3O6/c1-19-7-9-20(10-8-19)24-17-23(22-12-11-21(35-3)16-26(22)36-4)29-31(24)27(32)18-30(13-15-34-2)28(33)25-6-5-14-37-25/h5-12,14,16,24H,13,15,17-18H2,1-4H3. The van der Waals surface area contributed by atoms with Crippen LogP contribution < -0.4 is 9.47 Å². The molecule has 0 N–H and O–H groups in total. The van der Waals surface area contributed by atoms with E-state index in [2.05, 4.69) is 0 Å². The summed E-state index contributed by atoms with van der Waals surface area (Å²) in [7, 11) is 4.72. The highest BCUT2D eigenvalue weighted by Crippen LogP contribution is 2.36. The largest absolute Gasteiger partial charge is 0.497 e. The second-order valence-corrected chi connectivity index (χ2v) is 8.68. The van der Waals surface area contributed by atoms with Crippen LogP contribution in [0, 0.1) is 6.92 Å². The lowest BCUT2D eigenvalue weighted by Gasteiger charge is -2.26. The maximum atomic E-state index is 13.7. The van der Waals surface area contributed by atoms with E-state index in [1.165, 1.54) is 16.2 Å². The van der Waals surface area contributed by atoms with Crippen molar-refractivity contribution in [1.29, 1.82) is 0 Å². The van der Waals surface area contributed by atoms with Gasteiger partial charge >= 0.3 is 0 Å². The number of hydrogen-bond acceptors (Lipinski definition) is 7. The number of aryl methyl sites for hydroxylation is 1. The monoisotopic (exact) mass is 505 g/mol. The van der Waals surface area contributed by atoms with Crippen LogP contribution in [-0.2, 0) is 9.53 Å². The van der Waals surface area contributed by atoms with E-state index < -0.39 is 0 Å². The molecule has 0 bridgehead atoms. The summed E-state index contributed by atoms with van der Waals surface area (Å²) in [5.41, 5.74) is 3.55. The molecule has 0 radical (unpaired) electrons. The molecule has 0 aliphatic carbocycles. The quantitative estimate of drug-likeness (QED) is 0.412. The number of furan rings is 1. The summed E-state index contributed by atoms with van der Waals surface area (Å²) < 4.78 is 21.4. The Bertz CT molecular complexity index is 1250. The zero-order valence-corrected chi connectivity index (χ0v) is 21.5. The molecule has 1 aliphatic rings. The minimum Gasteiger partial charge on any atom is -0.497 e. The Morgan fingerprint density at radius 3 is 2.51 bits per heavy atom. The first kappa shape index (κ1) is 26.0. The van der Waals surface area contributed by atoms with Crippen LogP contribution in [0.5, 0.6) is 11.5 Å². The molecule has 194 valence electrons. The summed E-state index contributed by atoms with van der Waals surface area (Å²) >= 11 is 0. The van der Waals surface area contributed by atoms with Crippen molar-refractivity contribution in [3.8, 4) is 11.5 Å². The van der Waals surface area contributed by atoms with E-state index in [0.717, 1.165) is 16.7 Å². The number of carbonyl (C=O) groups is 2. The molecule has 9 heteroatoms. The molecule has 0 fully saturated rings. The van der Waals surface area contributed by atoms with E-state index in [1.807, 2.05) is 43.3 Å². The van der Waals surface area contributed by atoms with Crippen LogP contribution in [0.25, 0.3) is 0 Å². The lowest BCUT2D eigenvalue weighted by molar-refractivity contribution is -0.133. The fourth-order valence-corrected chi connectivity index (χ4v) is 4.23. The number of methoxy groups -OCH3 is 3. The number of carbonyl (C=O) groups excluding carboxylic acids is 2. The molecule has 1 unspecified atom stereocenters. The first-order valence-corrected chi connectivity index (χ1v) is 11.9. The molecule has 0 spiro atoms. The third kappa shape index (κ3) is 5.83. The normalized spacial score (nSPS) is 14.9. The molecule has 1 aliphatic heterocycles. The Morgan fingerprint density at radius 2 is 1.86 bits per heavy atom. The smallest absolute Gasteiger partial charge is 0.290 e. The molecule has 4 rings (SSSR count). The zero-order valence-electron chi connectivity index (χ0n) is 21.5. The second-order valence-electron chi connectivity index (χ2n) is 8.68. The van der Waals surface area contributed by atoms with Crippen LogP contribution >= 0.6 is 0 Å². The summed E-state index contributed by atoms with van der Waals surface area (Å²) in [5.74, 6) is 0.719. The average Bonchev–Trinajstić information content (AvgIpc) is 3.61. The number of hydrazone groups is 1. The number of amides is 2. The van der Waals surface area contributed by atoms with Gasteiger partial charge in [-0.15, -0.1) is 0 Å². The Hall–Kier alpha value is -4.11. The highest BCUT2D eigenvalue weighted by Gasteiger charge is 2.35. The van der Waals surface area contributed by atoms with Crippen LogP contribution in [0.15, 0.2) is 70.4 Å². The van der Waals surface area contributed by atoms with Gasteiger partial charge < -0.3 is 23.5 Å². The lowest BCUT2D eigenvalue weighted by Crippen LogP contribution is -2.42. The van der Waals surface area contributed by atoms with Crippen LogP contribution in [0.1, 0.15) is 39.7 Å². The Morgan fingerprint density at radius 1 is 1.08 bits per heavy atom. The van der Waals surface area contributed by atoms with Gasteiger partial charge in [-0.3, -0.25) is 9.59 Å². The van der Waals surface area contributed by atoms with Crippen LogP contribution in [-0.4, -0.2) is 68.5 Å². The van der Waals surface area contributed by atoms with E-state index in [4.69, 9.17) is 23.7 Å². The predicted molar refractivity (Wildman–Crippen MR) is 138 cm³/mol. The van der Waals surface area contributed by atoms with Gasteiger partial charge in [0.2, 0.25) is 0 Å². The van der Waals surface area contributed by atoms with Crippen LogP contribution in [0.4, 0.5) is 0 Å². The number of rotatable bonds is 10. The highest BCUT2D eigenvalue weighted by molar-refractivity contribution is 6.05. The van der Waals surface area contributed by atoms with Crippen LogP contribution in [0.3, 0.4) is 0 Å². The zero-order chi connectivity index (χ0) is 26.4. The topological polar surface area (TPSA) is 93.8 Å². The molecule has 3 aromatic rings. The molecule has 2 amide bonds. The fourth-order valence-electron chi connectivity index (χ4n) is 4.23. The molecular formula is C28H31N3O6. The van der Waals surface area contributed by atoms with E-state index >= 15 is 0 Å². The summed E-state index contributed by atoms with van der Waals surface area (Å²) in [6.45, 7) is 2.34. The molecule has 1 atom stereocenters. The molecule has 2 aromatic carbocycles. The van der Waals surface area contributed by atoms with Crippen molar-refractivity contribution in [3.63, 3.8) is 0 Å². The van der Waals surface area contributed by atoms with Gasteiger partial charge in [0.05, 0.1) is 38.8 Å². The Balaban J connectivity index is 1.66. The van der Waals surface area contributed by atoms with Crippen molar-refractivity contribution in [1.82, 2.24) is 9.91 Å². The maximum absolute atomic E-state index is 13.7. The highest BCUT2D eigenvalue weighted by atomic mass is 16.5. The lowest BCUT2D eigenvalue weighted by atomic mass is 9.97. The first-order valence-electron chi connectivity index (χ1n) is 11.9. The molecule has 0 saturated heterocycles. The van der Waals surface area contributed by atoms with Crippen LogP contribution in [0.2, 0.25) is 0 Å². The summed E-state index contributed by atoms with van der Waals surface area (Å²) in [6.07, 6.45) is 1.91. The fraction of sp³-hybridized carbons (Fsp3) is 0.321. The second kappa shape index (κ2) is 11.7. The van der Waals surface area contributed by atoms with Crippen molar-refractivity contribution in [3.05, 3.63) is 83.3 Å². The molecule has 37 heavy (non-hydrogen) atoms. The van der Waals surface area contributed by atoms with Gasteiger partial charge in [-0.2, -0.15) is 5.10 Å². The summed E-state index contributed by atoms with van der Waals surface area (Å²) in [5, 5.41) is 6.22. The van der Waals surface area contributed by atoms with Crippen molar-refractivity contribution < 1.29 is 28.2 Å². The minimum absolute atomic E-state index is 0.160. The first-order chi connectivity index (χ1) is 17.9. The van der Waals surface area contributed by atoms with E-state index in [1.54, 1.807) is 39.5 Å². The summed E-state index contributed by atoms with van der Waals surface area (Å²) in [6, 6.07) is 16.4. The Labute approximate surface area is 216 Å².